The summed E-state index contributed by atoms with van der Waals surface area (Å²) in [6.07, 6.45) is 4.21. The summed E-state index contributed by atoms with van der Waals surface area (Å²) in [5.41, 5.74) is 0.302. The summed E-state index contributed by atoms with van der Waals surface area (Å²) in [7, 11) is -3.71. The van der Waals surface area contributed by atoms with E-state index in [4.69, 9.17) is 5.14 Å². The number of nitrogens with one attached hydrogen (secondary N) is 1. The number of sulfonamides is 1. The number of primary sulfonamides is 1. The van der Waals surface area contributed by atoms with Crippen LogP contribution in [0.4, 0.5) is 0 Å². The van der Waals surface area contributed by atoms with Gasteiger partial charge in [-0.3, -0.25) is 4.79 Å². The highest BCUT2D eigenvalue weighted by molar-refractivity contribution is 7.89. The molecule has 1 fully saturated rings. The molecule has 0 heterocycles. The third-order valence-electron chi connectivity index (χ3n) is 3.57. The zero-order chi connectivity index (χ0) is 14.1. The molecule has 0 spiro atoms. The van der Waals surface area contributed by atoms with Crippen LogP contribution in [0.2, 0.25) is 0 Å². The Bertz CT molecular complexity index is 572. The van der Waals surface area contributed by atoms with Crippen LogP contribution in [0, 0.1) is 0 Å². The lowest BCUT2D eigenvalue weighted by Crippen LogP contribution is -2.43. The third kappa shape index (κ3) is 3.33. The number of hydrogen-bond donors (Lipinski definition) is 2. The Balaban J connectivity index is 2.12. The van der Waals surface area contributed by atoms with Crippen molar-refractivity contribution >= 4 is 15.9 Å². The van der Waals surface area contributed by atoms with E-state index in [-0.39, 0.29) is 16.3 Å². The minimum atomic E-state index is -3.71. The molecule has 1 aliphatic carbocycles. The summed E-state index contributed by atoms with van der Waals surface area (Å²) >= 11 is 0. The maximum absolute atomic E-state index is 12.1. The highest BCUT2D eigenvalue weighted by Gasteiger charge is 2.30. The van der Waals surface area contributed by atoms with Gasteiger partial charge in [0, 0.05) is 11.1 Å². The molecule has 1 aromatic carbocycles. The highest BCUT2D eigenvalue weighted by Crippen LogP contribution is 2.29. The van der Waals surface area contributed by atoms with Crippen molar-refractivity contribution in [2.24, 2.45) is 5.14 Å². The minimum Gasteiger partial charge on any atom is -0.347 e. The van der Waals surface area contributed by atoms with Crippen LogP contribution in [0.3, 0.4) is 0 Å². The van der Waals surface area contributed by atoms with Crippen LogP contribution in [0.25, 0.3) is 0 Å². The standard InChI is InChI=1S/C13H18N2O3S/c1-13(8-2-3-9-13)15-12(16)10-4-6-11(7-5-10)19(14,17)18/h4-7H,2-3,8-9H2,1H3,(H,15,16)(H2,14,17,18). The number of rotatable bonds is 3. The molecule has 0 aromatic heterocycles. The first-order chi connectivity index (χ1) is 8.80. The molecular formula is C13H18N2O3S. The smallest absolute Gasteiger partial charge is 0.251 e. The number of nitrogens with two attached hydrogens (primary N) is 1. The zero-order valence-electron chi connectivity index (χ0n) is 10.8. The van der Waals surface area contributed by atoms with Gasteiger partial charge in [-0.15, -0.1) is 0 Å². The van der Waals surface area contributed by atoms with Gasteiger partial charge in [-0.2, -0.15) is 0 Å². The van der Waals surface area contributed by atoms with E-state index in [1.165, 1.54) is 24.3 Å². The minimum absolute atomic E-state index is 0.0103. The van der Waals surface area contributed by atoms with E-state index in [1.54, 1.807) is 0 Å². The van der Waals surface area contributed by atoms with Crippen LogP contribution in [0.1, 0.15) is 43.0 Å². The normalized spacial score (nSPS) is 18.2. The molecule has 0 saturated heterocycles. The number of amides is 1. The fourth-order valence-corrected chi connectivity index (χ4v) is 2.94. The molecule has 6 heteroatoms. The van der Waals surface area contributed by atoms with Gasteiger partial charge < -0.3 is 5.32 Å². The van der Waals surface area contributed by atoms with Gasteiger partial charge in [0.05, 0.1) is 4.90 Å². The van der Waals surface area contributed by atoms with Crippen molar-refractivity contribution in [3.63, 3.8) is 0 Å². The predicted molar refractivity (Wildman–Crippen MR) is 72.2 cm³/mol. The van der Waals surface area contributed by atoms with Crippen molar-refractivity contribution in [3.05, 3.63) is 29.8 Å². The van der Waals surface area contributed by atoms with Crippen LogP contribution in [0.5, 0.6) is 0 Å². The lowest BCUT2D eigenvalue weighted by atomic mass is 10.00. The Morgan fingerprint density at radius 1 is 1.21 bits per heavy atom. The van der Waals surface area contributed by atoms with Crippen LogP contribution in [-0.2, 0) is 10.0 Å². The molecule has 0 bridgehead atoms. The van der Waals surface area contributed by atoms with Gasteiger partial charge in [-0.25, -0.2) is 13.6 Å². The number of hydrogen-bond acceptors (Lipinski definition) is 3. The summed E-state index contributed by atoms with van der Waals surface area (Å²) in [4.78, 5) is 12.1. The Morgan fingerprint density at radius 3 is 2.21 bits per heavy atom. The molecule has 19 heavy (non-hydrogen) atoms. The van der Waals surface area contributed by atoms with E-state index in [0.29, 0.717) is 5.56 Å². The molecule has 0 unspecified atom stereocenters. The predicted octanol–water partition coefficient (Wildman–Crippen LogP) is 1.40. The fourth-order valence-electron chi connectivity index (χ4n) is 2.42. The average molecular weight is 282 g/mol. The number of carbonyl (C=O) groups is 1. The van der Waals surface area contributed by atoms with Crippen LogP contribution < -0.4 is 10.5 Å². The second kappa shape index (κ2) is 4.94. The van der Waals surface area contributed by atoms with Gasteiger partial charge in [0.1, 0.15) is 0 Å². The van der Waals surface area contributed by atoms with Gasteiger partial charge in [-0.05, 0) is 44.0 Å². The number of carbonyl (C=O) groups excluding carboxylic acids is 1. The van der Waals surface area contributed by atoms with Crippen molar-refractivity contribution in [2.75, 3.05) is 0 Å². The average Bonchev–Trinajstić information content (AvgIpc) is 2.75. The molecule has 5 nitrogen and oxygen atoms in total. The van der Waals surface area contributed by atoms with E-state index in [2.05, 4.69) is 5.32 Å². The topological polar surface area (TPSA) is 89.3 Å². The highest BCUT2D eigenvalue weighted by atomic mass is 32.2. The van der Waals surface area contributed by atoms with Gasteiger partial charge in [-0.1, -0.05) is 12.8 Å². The van der Waals surface area contributed by atoms with Crippen LogP contribution in [-0.4, -0.2) is 19.9 Å². The van der Waals surface area contributed by atoms with Crippen molar-refractivity contribution in [1.29, 1.82) is 0 Å². The lowest BCUT2D eigenvalue weighted by Gasteiger charge is -2.25. The molecule has 0 radical (unpaired) electrons. The summed E-state index contributed by atoms with van der Waals surface area (Å²) in [6.45, 7) is 2.04. The van der Waals surface area contributed by atoms with Gasteiger partial charge in [0.25, 0.3) is 5.91 Å². The maximum atomic E-state index is 12.1. The van der Waals surface area contributed by atoms with E-state index < -0.39 is 10.0 Å². The quantitative estimate of drug-likeness (QED) is 0.878. The molecule has 104 valence electrons. The van der Waals surface area contributed by atoms with Gasteiger partial charge in [0.2, 0.25) is 10.0 Å². The van der Waals surface area contributed by atoms with E-state index in [9.17, 15) is 13.2 Å². The first kappa shape index (κ1) is 14.0. The molecular weight excluding hydrogens is 264 g/mol. The van der Waals surface area contributed by atoms with E-state index >= 15 is 0 Å². The lowest BCUT2D eigenvalue weighted by molar-refractivity contribution is 0.0908. The van der Waals surface area contributed by atoms with Gasteiger partial charge in [0.15, 0.2) is 0 Å². The second-order valence-corrected chi connectivity index (χ2v) is 6.85. The Labute approximate surface area is 113 Å². The second-order valence-electron chi connectivity index (χ2n) is 5.29. The molecule has 2 rings (SSSR count). The Kier molecular flexibility index (Phi) is 3.64. The molecule has 0 aliphatic heterocycles. The molecule has 0 atom stereocenters. The monoisotopic (exact) mass is 282 g/mol. The Morgan fingerprint density at radius 2 is 1.74 bits per heavy atom. The third-order valence-corrected chi connectivity index (χ3v) is 4.50. The summed E-state index contributed by atoms with van der Waals surface area (Å²) in [5.74, 6) is -0.176. The summed E-state index contributed by atoms with van der Waals surface area (Å²) in [6, 6.07) is 5.66. The molecule has 1 saturated carbocycles. The first-order valence-corrected chi connectivity index (χ1v) is 7.80. The van der Waals surface area contributed by atoms with Crippen LogP contribution in [0.15, 0.2) is 29.2 Å². The van der Waals surface area contributed by atoms with Crippen LogP contribution >= 0.6 is 0 Å². The fraction of sp³-hybridized carbons (Fsp3) is 0.462. The van der Waals surface area contributed by atoms with E-state index in [0.717, 1.165) is 25.7 Å². The maximum Gasteiger partial charge on any atom is 0.251 e. The number of benzene rings is 1. The summed E-state index contributed by atoms with van der Waals surface area (Å²) < 4.78 is 22.2. The van der Waals surface area contributed by atoms with Gasteiger partial charge >= 0.3 is 0 Å². The molecule has 1 aliphatic rings. The van der Waals surface area contributed by atoms with Crippen molar-refractivity contribution in [3.8, 4) is 0 Å². The summed E-state index contributed by atoms with van der Waals surface area (Å²) in [5, 5.41) is 8.02. The molecule has 3 N–H and O–H groups in total. The molecule has 1 aromatic rings. The first-order valence-electron chi connectivity index (χ1n) is 6.26. The van der Waals surface area contributed by atoms with E-state index in [1.807, 2.05) is 6.92 Å². The van der Waals surface area contributed by atoms with Crippen molar-refractivity contribution < 1.29 is 13.2 Å². The zero-order valence-corrected chi connectivity index (χ0v) is 11.7. The van der Waals surface area contributed by atoms with Crippen molar-refractivity contribution in [2.45, 2.75) is 43.0 Å². The SMILES string of the molecule is CC1(NC(=O)c2ccc(S(N)(=O)=O)cc2)CCCC1. The molecule has 1 amide bonds. The largest absolute Gasteiger partial charge is 0.347 e. The Hall–Kier alpha value is -1.40. The van der Waals surface area contributed by atoms with Crippen molar-refractivity contribution in [1.82, 2.24) is 5.32 Å².